The molecule has 0 aliphatic carbocycles. The van der Waals surface area contributed by atoms with Gasteiger partial charge in [-0.2, -0.15) is 0 Å². The van der Waals surface area contributed by atoms with Crippen molar-refractivity contribution in [3.05, 3.63) is 59.9 Å². The van der Waals surface area contributed by atoms with E-state index in [0.29, 0.717) is 6.61 Å². The van der Waals surface area contributed by atoms with E-state index in [4.69, 9.17) is 4.74 Å². The van der Waals surface area contributed by atoms with Crippen LogP contribution in [0.1, 0.15) is 17.5 Å². The maximum atomic E-state index is 12.1. The molecule has 0 saturated carbocycles. The highest BCUT2D eigenvalue weighted by Crippen LogP contribution is 2.31. The highest BCUT2D eigenvalue weighted by molar-refractivity contribution is 5.91. The molecule has 0 N–H and O–H groups in total. The van der Waals surface area contributed by atoms with Crippen LogP contribution in [0.3, 0.4) is 0 Å². The summed E-state index contributed by atoms with van der Waals surface area (Å²) >= 11 is 0. The number of benzene rings is 1. The summed E-state index contributed by atoms with van der Waals surface area (Å²) in [4.78, 5) is 20.5. The molecular formula is C18H19N3O2. The van der Waals surface area contributed by atoms with E-state index in [0.717, 1.165) is 31.7 Å². The smallest absolute Gasteiger partial charge is 0.414 e. The summed E-state index contributed by atoms with van der Waals surface area (Å²) in [5, 5.41) is 0. The molecule has 1 fully saturated rings. The quantitative estimate of drug-likeness (QED) is 0.856. The maximum absolute atomic E-state index is 12.1. The largest absolute Gasteiger partial charge is 0.447 e. The minimum atomic E-state index is -0.219. The topological polar surface area (TPSA) is 45.7 Å². The molecular weight excluding hydrogens is 290 g/mol. The Kier molecular flexibility index (Phi) is 3.71. The van der Waals surface area contributed by atoms with Crippen molar-refractivity contribution in [2.75, 3.05) is 18.1 Å². The van der Waals surface area contributed by atoms with Crippen LogP contribution in [0.15, 0.2) is 48.8 Å². The molecule has 0 radical (unpaired) electrons. The monoisotopic (exact) mass is 309 g/mol. The van der Waals surface area contributed by atoms with Gasteiger partial charge >= 0.3 is 6.09 Å². The summed E-state index contributed by atoms with van der Waals surface area (Å²) < 4.78 is 5.28. The molecule has 1 amide bonds. The van der Waals surface area contributed by atoms with Crippen LogP contribution in [-0.4, -0.2) is 35.2 Å². The number of ether oxygens (including phenoxy) is 1. The number of carbonyl (C=O) groups excluding carboxylic acids is 1. The Morgan fingerprint density at radius 1 is 1.22 bits per heavy atom. The Morgan fingerprint density at radius 2 is 2.13 bits per heavy atom. The zero-order valence-electron chi connectivity index (χ0n) is 12.9. The van der Waals surface area contributed by atoms with Crippen molar-refractivity contribution in [3.8, 4) is 0 Å². The van der Waals surface area contributed by atoms with E-state index in [1.54, 1.807) is 6.20 Å². The third kappa shape index (κ3) is 2.80. The van der Waals surface area contributed by atoms with Gasteiger partial charge in [0.1, 0.15) is 6.61 Å². The zero-order chi connectivity index (χ0) is 15.6. The number of aromatic nitrogens is 1. The number of carbonyl (C=O) groups is 1. The number of amides is 1. The Hall–Kier alpha value is -2.40. The normalized spacial score (nSPS) is 21.1. The van der Waals surface area contributed by atoms with Gasteiger partial charge in [0, 0.05) is 32.0 Å². The maximum Gasteiger partial charge on any atom is 0.414 e. The van der Waals surface area contributed by atoms with Crippen LogP contribution in [0.4, 0.5) is 10.5 Å². The number of para-hydroxylation sites is 1. The lowest BCUT2D eigenvalue weighted by Crippen LogP contribution is -2.40. The summed E-state index contributed by atoms with van der Waals surface area (Å²) in [5.74, 6) is 0. The summed E-state index contributed by atoms with van der Waals surface area (Å²) in [5.41, 5.74) is 3.36. The highest BCUT2D eigenvalue weighted by Gasteiger charge is 2.36. The van der Waals surface area contributed by atoms with Gasteiger partial charge in [0.25, 0.3) is 0 Å². The standard InChI is InChI=1S/C18H19N3O2/c22-18-21-16(13-23-18)7-9-20(11-14-4-3-8-19-10-14)12-15-5-1-2-6-17(15)21/h1-6,8,10,16H,7,9,11-13H2. The predicted molar refractivity (Wildman–Crippen MR) is 87.0 cm³/mol. The van der Waals surface area contributed by atoms with E-state index in [1.165, 1.54) is 11.1 Å². The molecule has 1 atom stereocenters. The van der Waals surface area contributed by atoms with Crippen molar-refractivity contribution < 1.29 is 9.53 Å². The van der Waals surface area contributed by atoms with E-state index in [-0.39, 0.29) is 12.1 Å². The molecule has 23 heavy (non-hydrogen) atoms. The molecule has 0 spiro atoms. The van der Waals surface area contributed by atoms with Crippen molar-refractivity contribution >= 4 is 11.8 Å². The average molecular weight is 309 g/mol. The van der Waals surface area contributed by atoms with Crippen LogP contribution in [0, 0.1) is 0 Å². The van der Waals surface area contributed by atoms with Gasteiger partial charge < -0.3 is 4.74 Å². The van der Waals surface area contributed by atoms with Crippen molar-refractivity contribution in [2.24, 2.45) is 0 Å². The number of pyridine rings is 1. The third-order valence-corrected chi connectivity index (χ3v) is 4.51. The first-order valence-electron chi connectivity index (χ1n) is 7.96. The molecule has 5 nitrogen and oxygen atoms in total. The molecule has 1 saturated heterocycles. The lowest BCUT2D eigenvalue weighted by Gasteiger charge is -2.32. The van der Waals surface area contributed by atoms with Crippen LogP contribution >= 0.6 is 0 Å². The second-order valence-corrected chi connectivity index (χ2v) is 6.09. The van der Waals surface area contributed by atoms with E-state index >= 15 is 0 Å². The predicted octanol–water partition coefficient (Wildman–Crippen LogP) is 2.81. The fraction of sp³-hybridized carbons (Fsp3) is 0.333. The molecule has 2 aromatic rings. The lowest BCUT2D eigenvalue weighted by molar-refractivity contribution is 0.177. The first-order valence-corrected chi connectivity index (χ1v) is 7.96. The fourth-order valence-electron chi connectivity index (χ4n) is 3.38. The molecule has 118 valence electrons. The first kappa shape index (κ1) is 14.2. The second-order valence-electron chi connectivity index (χ2n) is 6.09. The number of cyclic esters (lactones) is 1. The van der Waals surface area contributed by atoms with Crippen LogP contribution in [0.25, 0.3) is 0 Å². The summed E-state index contributed by atoms with van der Waals surface area (Å²) in [7, 11) is 0. The molecule has 2 aliphatic rings. The number of nitrogens with zero attached hydrogens (tertiary/aromatic N) is 3. The van der Waals surface area contributed by atoms with Gasteiger partial charge in [0.15, 0.2) is 0 Å². The van der Waals surface area contributed by atoms with Crippen LogP contribution < -0.4 is 4.90 Å². The highest BCUT2D eigenvalue weighted by atomic mass is 16.6. The Balaban J connectivity index is 1.64. The Morgan fingerprint density at radius 3 is 3.00 bits per heavy atom. The Bertz CT molecular complexity index is 704. The summed E-state index contributed by atoms with van der Waals surface area (Å²) in [6.07, 6.45) is 4.41. The number of fused-ring (bicyclic) bond motifs is 3. The third-order valence-electron chi connectivity index (χ3n) is 4.51. The fourth-order valence-corrected chi connectivity index (χ4v) is 3.38. The summed E-state index contributed by atoms with van der Waals surface area (Å²) in [6, 6.07) is 12.3. The number of rotatable bonds is 2. The van der Waals surface area contributed by atoms with Gasteiger partial charge in [-0.15, -0.1) is 0 Å². The van der Waals surface area contributed by atoms with Gasteiger partial charge in [-0.3, -0.25) is 14.8 Å². The van der Waals surface area contributed by atoms with E-state index in [9.17, 15) is 4.79 Å². The molecule has 4 rings (SSSR count). The van der Waals surface area contributed by atoms with Crippen LogP contribution in [0.5, 0.6) is 0 Å². The van der Waals surface area contributed by atoms with E-state index in [1.807, 2.05) is 35.4 Å². The molecule has 1 aromatic carbocycles. The van der Waals surface area contributed by atoms with Gasteiger partial charge in [-0.25, -0.2) is 4.79 Å². The van der Waals surface area contributed by atoms with Gasteiger partial charge in [-0.1, -0.05) is 24.3 Å². The van der Waals surface area contributed by atoms with Crippen LogP contribution in [0.2, 0.25) is 0 Å². The van der Waals surface area contributed by atoms with Gasteiger partial charge in [0.2, 0.25) is 0 Å². The molecule has 2 aliphatic heterocycles. The Labute approximate surface area is 135 Å². The molecule has 3 heterocycles. The zero-order valence-corrected chi connectivity index (χ0v) is 12.9. The molecule has 5 heteroatoms. The van der Waals surface area contributed by atoms with Crippen molar-refractivity contribution in [1.29, 1.82) is 0 Å². The SMILES string of the molecule is O=C1OCC2CCN(Cc3cccnc3)Cc3ccccc3N12. The number of hydrogen-bond donors (Lipinski definition) is 0. The summed E-state index contributed by atoms with van der Waals surface area (Å²) in [6.45, 7) is 3.10. The minimum Gasteiger partial charge on any atom is -0.447 e. The van der Waals surface area contributed by atoms with Crippen LogP contribution in [-0.2, 0) is 17.8 Å². The van der Waals surface area contributed by atoms with Crippen molar-refractivity contribution in [1.82, 2.24) is 9.88 Å². The minimum absolute atomic E-state index is 0.125. The molecule has 1 unspecified atom stereocenters. The van der Waals surface area contributed by atoms with Crippen molar-refractivity contribution in [2.45, 2.75) is 25.6 Å². The molecule has 0 bridgehead atoms. The average Bonchev–Trinajstić information content (AvgIpc) is 2.92. The first-order chi connectivity index (χ1) is 11.3. The van der Waals surface area contributed by atoms with Gasteiger partial charge in [0.05, 0.1) is 11.7 Å². The van der Waals surface area contributed by atoms with Gasteiger partial charge in [-0.05, 0) is 29.7 Å². The van der Waals surface area contributed by atoms with Crippen molar-refractivity contribution in [3.63, 3.8) is 0 Å². The van der Waals surface area contributed by atoms with E-state index < -0.39 is 0 Å². The number of hydrogen-bond acceptors (Lipinski definition) is 4. The second kappa shape index (κ2) is 6.01. The van der Waals surface area contributed by atoms with E-state index in [2.05, 4.69) is 22.0 Å². The molecule has 1 aromatic heterocycles. The number of anilines is 1. The lowest BCUT2D eigenvalue weighted by atomic mass is 10.0.